The van der Waals surface area contributed by atoms with Crippen LogP contribution >= 0.6 is 0 Å². The molecule has 148 valence electrons. The fourth-order valence-corrected chi connectivity index (χ4v) is 4.69. The minimum Gasteiger partial charge on any atom is -0.345 e. The van der Waals surface area contributed by atoms with Crippen LogP contribution in [0.2, 0.25) is 0 Å². The molecule has 0 bridgehead atoms. The van der Waals surface area contributed by atoms with Crippen molar-refractivity contribution in [2.45, 2.75) is 70.3 Å². The summed E-state index contributed by atoms with van der Waals surface area (Å²) in [5.41, 5.74) is 1.29. The Morgan fingerprint density at radius 2 is 1.74 bits per heavy atom. The zero-order valence-electron chi connectivity index (χ0n) is 16.7. The highest BCUT2D eigenvalue weighted by atomic mass is 16.2. The summed E-state index contributed by atoms with van der Waals surface area (Å²) in [7, 11) is 1.93. The molecule has 2 atom stereocenters. The van der Waals surface area contributed by atoms with E-state index in [1.807, 2.05) is 18.0 Å². The van der Waals surface area contributed by atoms with Gasteiger partial charge in [-0.3, -0.25) is 9.59 Å². The number of benzene rings is 1. The SMILES string of the molecule is CN1CCCCCCN(C(=O)CCCc2ccccc2)[C@H]2CCC[C@H]2C1=O. The largest absolute Gasteiger partial charge is 0.345 e. The van der Waals surface area contributed by atoms with Crippen LogP contribution in [0, 0.1) is 5.92 Å². The van der Waals surface area contributed by atoms with Gasteiger partial charge in [-0.2, -0.15) is 0 Å². The Morgan fingerprint density at radius 1 is 1.00 bits per heavy atom. The van der Waals surface area contributed by atoms with Crippen LogP contribution in [0.1, 0.15) is 63.4 Å². The molecule has 1 aromatic rings. The Hall–Kier alpha value is -1.84. The molecule has 0 unspecified atom stereocenters. The van der Waals surface area contributed by atoms with Gasteiger partial charge >= 0.3 is 0 Å². The highest BCUT2D eigenvalue weighted by molar-refractivity contribution is 5.82. The van der Waals surface area contributed by atoms with Gasteiger partial charge in [-0.1, -0.05) is 49.6 Å². The smallest absolute Gasteiger partial charge is 0.227 e. The normalized spacial score (nSPS) is 24.4. The van der Waals surface area contributed by atoms with Crippen LogP contribution in [-0.4, -0.2) is 47.8 Å². The monoisotopic (exact) mass is 370 g/mol. The summed E-state index contributed by atoms with van der Waals surface area (Å²) in [5.74, 6) is 0.505. The fraction of sp³-hybridized carbons (Fsp3) is 0.652. The lowest BCUT2D eigenvalue weighted by Crippen LogP contribution is -2.47. The Kier molecular flexibility index (Phi) is 7.31. The summed E-state index contributed by atoms with van der Waals surface area (Å²) in [6, 6.07) is 10.5. The van der Waals surface area contributed by atoms with Gasteiger partial charge in [-0.25, -0.2) is 0 Å². The van der Waals surface area contributed by atoms with Gasteiger partial charge in [0.2, 0.25) is 11.8 Å². The third-order valence-electron chi connectivity index (χ3n) is 6.24. The van der Waals surface area contributed by atoms with Crippen LogP contribution in [0.5, 0.6) is 0 Å². The first-order valence-corrected chi connectivity index (χ1v) is 10.7. The van der Waals surface area contributed by atoms with Crippen molar-refractivity contribution in [2.75, 3.05) is 20.1 Å². The molecule has 1 aliphatic heterocycles. The van der Waals surface area contributed by atoms with Crippen LogP contribution in [0.15, 0.2) is 30.3 Å². The molecule has 27 heavy (non-hydrogen) atoms. The second kappa shape index (κ2) is 9.91. The fourth-order valence-electron chi connectivity index (χ4n) is 4.69. The molecule has 0 radical (unpaired) electrons. The van der Waals surface area contributed by atoms with E-state index in [9.17, 15) is 9.59 Å². The van der Waals surface area contributed by atoms with E-state index in [0.29, 0.717) is 6.42 Å². The Bertz CT molecular complexity index is 616. The quantitative estimate of drug-likeness (QED) is 0.802. The maximum atomic E-state index is 13.1. The predicted molar refractivity (Wildman–Crippen MR) is 108 cm³/mol. The highest BCUT2D eigenvalue weighted by Gasteiger charge is 2.39. The van der Waals surface area contributed by atoms with E-state index in [1.54, 1.807) is 0 Å². The number of nitrogens with zero attached hydrogens (tertiary/aromatic N) is 2. The van der Waals surface area contributed by atoms with E-state index < -0.39 is 0 Å². The second-order valence-electron chi connectivity index (χ2n) is 8.21. The van der Waals surface area contributed by atoms with E-state index in [-0.39, 0.29) is 23.8 Å². The molecule has 1 saturated carbocycles. The van der Waals surface area contributed by atoms with Crippen molar-refractivity contribution < 1.29 is 9.59 Å². The topological polar surface area (TPSA) is 40.6 Å². The molecular weight excluding hydrogens is 336 g/mol. The van der Waals surface area contributed by atoms with Crippen LogP contribution in [0.4, 0.5) is 0 Å². The van der Waals surface area contributed by atoms with Crippen LogP contribution < -0.4 is 0 Å². The number of amides is 2. The highest BCUT2D eigenvalue weighted by Crippen LogP contribution is 2.33. The Balaban J connectivity index is 1.64. The molecule has 0 spiro atoms. The number of carbonyl (C=O) groups is 2. The Labute approximate surface area is 163 Å². The minimum atomic E-state index is 0.00572. The molecule has 2 aliphatic rings. The second-order valence-corrected chi connectivity index (χ2v) is 8.21. The summed E-state index contributed by atoms with van der Waals surface area (Å²) < 4.78 is 0. The number of carbonyl (C=O) groups excluding carboxylic acids is 2. The van der Waals surface area contributed by atoms with E-state index in [4.69, 9.17) is 0 Å². The molecule has 4 heteroatoms. The van der Waals surface area contributed by atoms with Gasteiger partial charge in [0.15, 0.2) is 0 Å². The van der Waals surface area contributed by atoms with Crippen molar-refractivity contribution in [3.8, 4) is 0 Å². The zero-order chi connectivity index (χ0) is 19.1. The van der Waals surface area contributed by atoms with Gasteiger partial charge in [0, 0.05) is 32.6 Å². The zero-order valence-corrected chi connectivity index (χ0v) is 16.7. The number of rotatable bonds is 4. The van der Waals surface area contributed by atoms with Gasteiger partial charge in [0.1, 0.15) is 0 Å². The summed E-state index contributed by atoms with van der Waals surface area (Å²) in [4.78, 5) is 30.0. The predicted octanol–water partition coefficient (Wildman–Crippen LogP) is 4.04. The lowest BCUT2D eigenvalue weighted by Gasteiger charge is -2.34. The average Bonchev–Trinajstić information content (AvgIpc) is 3.15. The molecule has 1 aromatic carbocycles. The molecule has 1 saturated heterocycles. The van der Waals surface area contributed by atoms with Gasteiger partial charge in [-0.05, 0) is 44.1 Å². The van der Waals surface area contributed by atoms with Gasteiger partial charge < -0.3 is 9.80 Å². The number of fused-ring (bicyclic) bond motifs is 1. The lowest BCUT2D eigenvalue weighted by molar-refractivity contribution is -0.140. The molecule has 2 amide bonds. The standard InChI is InChI=1S/C23H34N2O2/c1-24-17-7-2-3-8-18-25(21-15-10-14-20(21)23(24)27)22(26)16-9-13-19-11-5-4-6-12-19/h4-6,11-12,20-21H,2-3,7-10,13-18H2,1H3/t20-,21+/m1/s1. The first-order chi connectivity index (χ1) is 13.2. The van der Waals surface area contributed by atoms with Crippen molar-refractivity contribution >= 4 is 11.8 Å². The molecule has 0 N–H and O–H groups in total. The average molecular weight is 371 g/mol. The Morgan fingerprint density at radius 3 is 2.52 bits per heavy atom. The van der Waals surface area contributed by atoms with Crippen molar-refractivity contribution in [3.63, 3.8) is 0 Å². The summed E-state index contributed by atoms with van der Waals surface area (Å²) in [6.45, 7) is 1.68. The molecule has 4 nitrogen and oxygen atoms in total. The summed E-state index contributed by atoms with van der Waals surface area (Å²) >= 11 is 0. The van der Waals surface area contributed by atoms with E-state index in [0.717, 1.165) is 70.9 Å². The van der Waals surface area contributed by atoms with E-state index >= 15 is 0 Å². The minimum absolute atomic E-state index is 0.00572. The van der Waals surface area contributed by atoms with Crippen molar-refractivity contribution in [3.05, 3.63) is 35.9 Å². The van der Waals surface area contributed by atoms with Crippen LogP contribution in [-0.2, 0) is 16.0 Å². The third kappa shape index (κ3) is 5.33. The maximum Gasteiger partial charge on any atom is 0.227 e. The summed E-state index contributed by atoms with van der Waals surface area (Å²) in [6.07, 6.45) is 9.80. The first-order valence-electron chi connectivity index (χ1n) is 10.7. The molecule has 3 rings (SSSR count). The maximum absolute atomic E-state index is 13.1. The third-order valence-corrected chi connectivity index (χ3v) is 6.24. The van der Waals surface area contributed by atoms with Crippen LogP contribution in [0.25, 0.3) is 0 Å². The van der Waals surface area contributed by atoms with Gasteiger partial charge in [0.05, 0.1) is 5.92 Å². The van der Waals surface area contributed by atoms with E-state index in [1.165, 1.54) is 5.56 Å². The number of aryl methyl sites for hydroxylation is 1. The lowest BCUT2D eigenvalue weighted by atomic mass is 9.99. The first kappa shape index (κ1) is 19.9. The van der Waals surface area contributed by atoms with Crippen molar-refractivity contribution in [1.82, 2.24) is 9.80 Å². The summed E-state index contributed by atoms with van der Waals surface area (Å²) in [5, 5.41) is 0. The molecular formula is C23H34N2O2. The molecule has 0 aromatic heterocycles. The van der Waals surface area contributed by atoms with E-state index in [2.05, 4.69) is 29.2 Å². The van der Waals surface area contributed by atoms with Crippen molar-refractivity contribution in [2.24, 2.45) is 5.92 Å². The van der Waals surface area contributed by atoms with Gasteiger partial charge in [-0.15, -0.1) is 0 Å². The number of hydrogen-bond donors (Lipinski definition) is 0. The molecule has 2 fully saturated rings. The van der Waals surface area contributed by atoms with Gasteiger partial charge in [0.25, 0.3) is 0 Å². The van der Waals surface area contributed by atoms with Crippen LogP contribution in [0.3, 0.4) is 0 Å². The molecule has 1 aliphatic carbocycles. The number of hydrogen-bond acceptors (Lipinski definition) is 2. The van der Waals surface area contributed by atoms with Crippen molar-refractivity contribution in [1.29, 1.82) is 0 Å². The molecule has 1 heterocycles.